The Kier molecular flexibility index (Phi) is 5.97. The van der Waals surface area contributed by atoms with Gasteiger partial charge in [-0.3, -0.25) is 4.98 Å². The zero-order valence-corrected chi connectivity index (χ0v) is 19.8. The van der Waals surface area contributed by atoms with E-state index < -0.39 is 31.9 Å². The van der Waals surface area contributed by atoms with Gasteiger partial charge < -0.3 is 11.1 Å². The van der Waals surface area contributed by atoms with Gasteiger partial charge in [0.25, 0.3) is 0 Å². The zero-order valence-electron chi connectivity index (χ0n) is 18.9. The summed E-state index contributed by atoms with van der Waals surface area (Å²) in [4.78, 5) is 8.19. The summed E-state index contributed by atoms with van der Waals surface area (Å²) in [6.45, 7) is 0. The van der Waals surface area contributed by atoms with Crippen LogP contribution in [0.5, 0.6) is 0 Å². The highest BCUT2D eigenvalue weighted by Gasteiger charge is 2.24. The average molecular weight is 499 g/mol. The highest BCUT2D eigenvalue weighted by Crippen LogP contribution is 2.36. The number of aromatic nitrogens is 4. The maximum Gasteiger partial charge on any atom is 0.229 e. The number of halogens is 2. The third-order valence-corrected chi connectivity index (χ3v) is 7.43. The largest absolute Gasteiger partial charge is 0.328 e. The van der Waals surface area contributed by atoms with Gasteiger partial charge in [-0.05, 0) is 61.1 Å². The molecule has 182 valence electrons. The number of anilines is 2. The normalized spacial score (nSPS) is 18.6. The van der Waals surface area contributed by atoms with Crippen LogP contribution in [0.25, 0.3) is 16.8 Å². The molecular weight excluding hydrogens is 474 g/mol. The van der Waals surface area contributed by atoms with E-state index in [-0.39, 0.29) is 17.7 Å². The Morgan fingerprint density at radius 3 is 2.60 bits per heavy atom. The van der Waals surface area contributed by atoms with E-state index in [2.05, 4.69) is 20.4 Å². The topological polar surface area (TPSA) is 115 Å². The number of fused-ring (bicyclic) bond motifs is 1. The molecule has 1 saturated carbocycles. The first-order chi connectivity index (χ1) is 16.7. The lowest BCUT2D eigenvalue weighted by atomic mass is 9.81. The summed E-state index contributed by atoms with van der Waals surface area (Å²) in [5.74, 6) is -1.40. The lowest BCUT2D eigenvalue weighted by molar-refractivity contribution is 0.394. The second kappa shape index (κ2) is 8.97. The molecule has 3 heterocycles. The summed E-state index contributed by atoms with van der Waals surface area (Å²) in [5.41, 5.74) is 8.23. The molecule has 3 aromatic heterocycles. The van der Waals surface area contributed by atoms with Crippen LogP contribution in [0.3, 0.4) is 0 Å². The van der Waals surface area contributed by atoms with Gasteiger partial charge in [-0.15, -0.1) is 0 Å². The number of rotatable bonds is 5. The summed E-state index contributed by atoms with van der Waals surface area (Å²) >= 11 is 0. The van der Waals surface area contributed by atoms with Crippen LogP contribution in [0, 0.1) is 11.6 Å². The van der Waals surface area contributed by atoms with Crippen LogP contribution in [0.4, 0.5) is 20.4 Å². The SMILES string of the molecule is CS(=O)(=O)c1cc(F)c(-c2ccc3cnc(Nc4cnccc4[C@@H]4CCC[C@H](N)C4)n3n2)c(F)c1. The summed E-state index contributed by atoms with van der Waals surface area (Å²) in [6.07, 6.45) is 9.91. The van der Waals surface area contributed by atoms with Crippen molar-refractivity contribution >= 4 is 27.0 Å². The standard InChI is InChI=1S/C24H24F2N6O2S/c1-35(33,34)17-10-19(25)23(20(26)11-17)21-6-5-16-12-29-24(32(16)31-21)30-22-13-28-8-7-18(22)14-3-2-4-15(27)9-14/h5-8,10-15H,2-4,9,27H2,1H3,(H,29,30)/t14-,15+/m1/s1. The Morgan fingerprint density at radius 1 is 1.11 bits per heavy atom. The van der Waals surface area contributed by atoms with Crippen molar-refractivity contribution in [2.75, 3.05) is 11.6 Å². The number of hydrogen-bond acceptors (Lipinski definition) is 7. The summed E-state index contributed by atoms with van der Waals surface area (Å²) < 4.78 is 54.5. The molecule has 0 spiro atoms. The molecule has 8 nitrogen and oxygen atoms in total. The van der Waals surface area contributed by atoms with E-state index in [0.717, 1.165) is 55.3 Å². The Balaban J connectivity index is 1.53. The van der Waals surface area contributed by atoms with E-state index in [1.165, 1.54) is 10.6 Å². The molecule has 1 aliphatic rings. The summed E-state index contributed by atoms with van der Waals surface area (Å²) in [7, 11) is -3.77. The fourth-order valence-electron chi connectivity index (χ4n) is 4.61. The number of nitrogens with two attached hydrogens (primary N) is 1. The molecule has 0 unspecified atom stereocenters. The third-order valence-electron chi connectivity index (χ3n) is 6.34. The number of nitrogens with zero attached hydrogens (tertiary/aromatic N) is 4. The average Bonchev–Trinajstić information content (AvgIpc) is 3.20. The van der Waals surface area contributed by atoms with Gasteiger partial charge in [0.15, 0.2) is 9.84 Å². The molecule has 2 atom stereocenters. The van der Waals surface area contributed by atoms with Crippen molar-refractivity contribution in [1.82, 2.24) is 19.6 Å². The van der Waals surface area contributed by atoms with Gasteiger partial charge in [0.2, 0.25) is 5.95 Å². The molecule has 0 amide bonds. The first-order valence-electron chi connectivity index (χ1n) is 11.2. The molecule has 0 saturated heterocycles. The van der Waals surface area contributed by atoms with Crippen molar-refractivity contribution in [2.45, 2.75) is 42.5 Å². The van der Waals surface area contributed by atoms with Crippen molar-refractivity contribution in [1.29, 1.82) is 0 Å². The Labute approximate surface area is 201 Å². The Morgan fingerprint density at radius 2 is 1.89 bits per heavy atom. The fourth-order valence-corrected chi connectivity index (χ4v) is 5.24. The van der Waals surface area contributed by atoms with Crippen LogP contribution in [-0.4, -0.2) is 40.3 Å². The number of benzene rings is 1. The van der Waals surface area contributed by atoms with Crippen LogP contribution >= 0.6 is 0 Å². The summed E-state index contributed by atoms with van der Waals surface area (Å²) in [6, 6.07) is 6.81. The van der Waals surface area contributed by atoms with E-state index in [9.17, 15) is 17.2 Å². The van der Waals surface area contributed by atoms with Crippen LogP contribution in [0.2, 0.25) is 0 Å². The molecule has 35 heavy (non-hydrogen) atoms. The number of pyridine rings is 1. The molecular formula is C24H24F2N6O2S. The highest BCUT2D eigenvalue weighted by molar-refractivity contribution is 7.90. The number of hydrogen-bond donors (Lipinski definition) is 2. The Hall–Kier alpha value is -3.44. The van der Waals surface area contributed by atoms with Gasteiger partial charge >= 0.3 is 0 Å². The molecule has 5 rings (SSSR count). The minimum absolute atomic E-state index is 0.00161. The molecule has 4 aromatic rings. The van der Waals surface area contributed by atoms with Crippen LogP contribution < -0.4 is 11.1 Å². The molecule has 0 bridgehead atoms. The lowest BCUT2D eigenvalue weighted by Crippen LogP contribution is -2.27. The quantitative estimate of drug-likeness (QED) is 0.424. The lowest BCUT2D eigenvalue weighted by Gasteiger charge is -2.28. The number of nitrogens with one attached hydrogen (secondary N) is 1. The van der Waals surface area contributed by atoms with Gasteiger partial charge in [-0.2, -0.15) is 9.61 Å². The molecule has 3 N–H and O–H groups in total. The van der Waals surface area contributed by atoms with Gasteiger partial charge in [0.05, 0.1) is 39.8 Å². The van der Waals surface area contributed by atoms with Crippen LogP contribution in [0.15, 0.2) is 53.8 Å². The van der Waals surface area contributed by atoms with E-state index in [1.807, 2.05) is 6.07 Å². The van der Waals surface area contributed by atoms with E-state index >= 15 is 0 Å². The maximum absolute atomic E-state index is 14.8. The molecule has 0 aliphatic heterocycles. The maximum atomic E-state index is 14.8. The van der Waals surface area contributed by atoms with Gasteiger partial charge in [0, 0.05) is 18.5 Å². The Bertz CT molecular complexity index is 1500. The molecule has 0 radical (unpaired) electrons. The van der Waals surface area contributed by atoms with E-state index in [0.29, 0.717) is 11.5 Å². The molecule has 1 aromatic carbocycles. The predicted octanol–water partition coefficient (Wildman–Crippen LogP) is 4.20. The monoisotopic (exact) mass is 498 g/mol. The van der Waals surface area contributed by atoms with Crippen molar-refractivity contribution < 1.29 is 17.2 Å². The van der Waals surface area contributed by atoms with E-state index in [1.54, 1.807) is 24.7 Å². The molecule has 11 heteroatoms. The van der Waals surface area contributed by atoms with Crippen LogP contribution in [-0.2, 0) is 9.84 Å². The second-order valence-electron chi connectivity index (χ2n) is 8.88. The predicted molar refractivity (Wildman–Crippen MR) is 128 cm³/mol. The van der Waals surface area contributed by atoms with Crippen molar-refractivity contribution in [3.8, 4) is 11.3 Å². The second-order valence-corrected chi connectivity index (χ2v) is 10.9. The number of sulfone groups is 1. The van der Waals surface area contributed by atoms with Gasteiger partial charge in [-0.25, -0.2) is 22.2 Å². The van der Waals surface area contributed by atoms with Gasteiger partial charge in [-0.1, -0.05) is 6.42 Å². The molecule has 1 fully saturated rings. The number of imidazole rings is 1. The van der Waals surface area contributed by atoms with Crippen molar-refractivity contribution in [3.05, 3.63) is 66.1 Å². The van der Waals surface area contributed by atoms with Crippen molar-refractivity contribution in [3.63, 3.8) is 0 Å². The fraction of sp³-hybridized carbons (Fsp3) is 0.292. The smallest absolute Gasteiger partial charge is 0.229 e. The minimum Gasteiger partial charge on any atom is -0.328 e. The van der Waals surface area contributed by atoms with Gasteiger partial charge in [0.1, 0.15) is 11.6 Å². The van der Waals surface area contributed by atoms with Crippen molar-refractivity contribution in [2.24, 2.45) is 5.73 Å². The summed E-state index contributed by atoms with van der Waals surface area (Å²) in [5, 5.41) is 7.65. The third kappa shape index (κ3) is 4.61. The molecule has 1 aliphatic carbocycles. The first kappa shape index (κ1) is 23.3. The van der Waals surface area contributed by atoms with Crippen LogP contribution in [0.1, 0.15) is 37.2 Å². The zero-order chi connectivity index (χ0) is 24.7. The first-order valence-corrected chi connectivity index (χ1v) is 13.1. The van der Waals surface area contributed by atoms with E-state index in [4.69, 9.17) is 5.73 Å². The minimum atomic E-state index is -3.77. The highest BCUT2D eigenvalue weighted by atomic mass is 32.2.